The van der Waals surface area contributed by atoms with Crippen LogP contribution in [0.4, 0.5) is 5.69 Å². The van der Waals surface area contributed by atoms with Crippen LogP contribution in [0.2, 0.25) is 0 Å². The number of methoxy groups -OCH3 is 1. The first-order valence-electron chi connectivity index (χ1n) is 13.0. The van der Waals surface area contributed by atoms with Crippen LogP contribution in [0.15, 0.2) is 68.6 Å². The van der Waals surface area contributed by atoms with Gasteiger partial charge in [-0.2, -0.15) is 5.10 Å². The van der Waals surface area contributed by atoms with Gasteiger partial charge in [-0.3, -0.25) is 14.4 Å². The van der Waals surface area contributed by atoms with Gasteiger partial charge in [-0.15, -0.1) is 16.9 Å². The second-order valence-electron chi connectivity index (χ2n) is 9.25. The summed E-state index contributed by atoms with van der Waals surface area (Å²) in [6.45, 7) is 2.00. The first kappa shape index (κ1) is 29.6. The largest absolute Gasteiger partial charge is 0.497 e. The fourth-order valence-electron chi connectivity index (χ4n) is 4.49. The van der Waals surface area contributed by atoms with Crippen molar-refractivity contribution < 1.29 is 23.9 Å². The highest BCUT2D eigenvalue weighted by atomic mass is 32.2. The Morgan fingerprint density at radius 3 is 2.60 bits per heavy atom. The van der Waals surface area contributed by atoms with E-state index < -0.39 is 11.2 Å². The zero-order valence-electron chi connectivity index (χ0n) is 22.6. The number of anilines is 1. The molecule has 3 aromatic rings. The lowest BCUT2D eigenvalue weighted by molar-refractivity contribution is -0.122. The number of ether oxygens (including phenoxy) is 2. The SMILES string of the molecule is CCOC(=O)c1ccc(NC(=O)C[C@@H]2S/C(=N\N=C/[C@@H]3CSc4[nH]c(=O)sc4[C@@H]3c3ccc(OC)cc3)NC2=O)cc1. The number of H-pyrrole nitrogens is 1. The number of aromatic nitrogens is 1. The summed E-state index contributed by atoms with van der Waals surface area (Å²) in [7, 11) is 1.61. The monoisotopic (exact) mass is 625 g/mol. The van der Waals surface area contributed by atoms with Gasteiger partial charge in [0.2, 0.25) is 11.8 Å². The molecule has 14 heteroatoms. The Kier molecular flexibility index (Phi) is 9.45. The summed E-state index contributed by atoms with van der Waals surface area (Å²) in [5.74, 6) is 0.181. The van der Waals surface area contributed by atoms with Crippen LogP contribution in [-0.4, -0.2) is 58.9 Å². The molecule has 2 aliphatic rings. The molecular formula is C28H27N5O6S3. The van der Waals surface area contributed by atoms with Crippen molar-refractivity contribution in [1.82, 2.24) is 10.3 Å². The number of thioether (sulfide) groups is 2. The molecule has 1 saturated heterocycles. The van der Waals surface area contributed by atoms with Crippen LogP contribution < -0.4 is 20.2 Å². The molecule has 0 radical (unpaired) electrons. The van der Waals surface area contributed by atoms with Gasteiger partial charge in [-0.25, -0.2) is 4.79 Å². The normalized spacial score (nSPS) is 20.8. The fraction of sp³-hybridized carbons (Fsp3) is 0.286. The van der Waals surface area contributed by atoms with Crippen molar-refractivity contribution in [2.75, 3.05) is 24.8 Å². The average molecular weight is 626 g/mol. The Labute approximate surface area is 253 Å². The van der Waals surface area contributed by atoms with E-state index in [4.69, 9.17) is 9.47 Å². The van der Waals surface area contributed by atoms with Crippen molar-refractivity contribution in [2.45, 2.75) is 29.5 Å². The van der Waals surface area contributed by atoms with Gasteiger partial charge >= 0.3 is 10.8 Å². The molecule has 218 valence electrons. The van der Waals surface area contributed by atoms with Crippen molar-refractivity contribution >= 4 is 69.7 Å². The predicted molar refractivity (Wildman–Crippen MR) is 165 cm³/mol. The quantitative estimate of drug-likeness (QED) is 0.183. The van der Waals surface area contributed by atoms with E-state index in [0.717, 1.165) is 33.0 Å². The molecule has 1 aromatic heterocycles. The zero-order valence-corrected chi connectivity index (χ0v) is 25.1. The second kappa shape index (κ2) is 13.4. The minimum atomic E-state index is -0.658. The maximum Gasteiger partial charge on any atom is 0.338 e. The minimum Gasteiger partial charge on any atom is -0.497 e. The number of benzene rings is 2. The van der Waals surface area contributed by atoms with Crippen molar-refractivity contribution in [3.63, 3.8) is 0 Å². The number of fused-ring (bicyclic) bond motifs is 1. The molecule has 42 heavy (non-hydrogen) atoms. The summed E-state index contributed by atoms with van der Waals surface area (Å²) in [4.78, 5) is 52.8. The van der Waals surface area contributed by atoms with Crippen molar-refractivity contribution in [1.29, 1.82) is 0 Å². The summed E-state index contributed by atoms with van der Waals surface area (Å²) in [5.41, 5.74) is 1.91. The first-order chi connectivity index (χ1) is 20.3. The Morgan fingerprint density at radius 2 is 1.88 bits per heavy atom. The molecular weight excluding hydrogens is 599 g/mol. The van der Waals surface area contributed by atoms with Gasteiger partial charge in [-0.05, 0) is 48.9 Å². The molecule has 0 spiro atoms. The van der Waals surface area contributed by atoms with Gasteiger partial charge in [-0.1, -0.05) is 35.2 Å². The number of thiazole rings is 1. The van der Waals surface area contributed by atoms with Crippen molar-refractivity contribution in [3.05, 3.63) is 74.2 Å². The number of esters is 1. The Bertz CT molecular complexity index is 1580. The van der Waals surface area contributed by atoms with E-state index >= 15 is 0 Å². The molecule has 0 aliphatic carbocycles. The van der Waals surface area contributed by atoms with Crippen molar-refractivity contribution in [2.24, 2.45) is 16.1 Å². The second-order valence-corrected chi connectivity index (χ2v) is 12.5. The third-order valence-corrected chi connectivity index (χ3v) is 9.81. The topological polar surface area (TPSA) is 151 Å². The average Bonchev–Trinajstić information content (AvgIpc) is 3.53. The van der Waals surface area contributed by atoms with E-state index in [2.05, 4.69) is 25.8 Å². The molecule has 11 nitrogen and oxygen atoms in total. The molecule has 3 atom stereocenters. The van der Waals surface area contributed by atoms with E-state index in [1.54, 1.807) is 56.3 Å². The van der Waals surface area contributed by atoms with E-state index in [1.165, 1.54) is 11.3 Å². The smallest absolute Gasteiger partial charge is 0.338 e. The maximum absolute atomic E-state index is 12.6. The first-order valence-corrected chi connectivity index (χ1v) is 15.7. The highest BCUT2D eigenvalue weighted by molar-refractivity contribution is 8.15. The number of nitrogens with one attached hydrogen (secondary N) is 3. The van der Waals surface area contributed by atoms with Crippen molar-refractivity contribution in [3.8, 4) is 5.75 Å². The molecule has 2 amide bonds. The van der Waals surface area contributed by atoms with Crippen LogP contribution in [0.1, 0.15) is 40.1 Å². The number of hydrogen-bond acceptors (Lipinski definition) is 11. The molecule has 2 aromatic carbocycles. The highest BCUT2D eigenvalue weighted by Gasteiger charge is 2.34. The zero-order chi connectivity index (χ0) is 29.6. The lowest BCUT2D eigenvalue weighted by atomic mass is 9.86. The molecule has 0 bridgehead atoms. The van der Waals surface area contributed by atoms with Crippen LogP contribution in [0.3, 0.4) is 0 Å². The number of aromatic amines is 1. The van der Waals surface area contributed by atoms with Gasteiger partial charge in [0.05, 0.1) is 24.3 Å². The number of amidine groups is 1. The van der Waals surface area contributed by atoms with E-state index in [-0.39, 0.29) is 41.6 Å². The fourth-order valence-corrected chi connectivity index (χ4v) is 7.79. The van der Waals surface area contributed by atoms with Crippen LogP contribution in [0.5, 0.6) is 5.75 Å². The van der Waals surface area contributed by atoms with E-state index in [0.29, 0.717) is 22.2 Å². The Balaban J connectivity index is 1.21. The number of carbonyl (C=O) groups is 3. The lowest BCUT2D eigenvalue weighted by Crippen LogP contribution is -2.28. The molecule has 3 N–H and O–H groups in total. The van der Waals surface area contributed by atoms with Gasteiger partial charge in [0, 0.05) is 40.8 Å². The molecule has 0 saturated carbocycles. The van der Waals surface area contributed by atoms with Crippen LogP contribution in [0, 0.1) is 5.92 Å². The maximum atomic E-state index is 12.6. The number of rotatable bonds is 9. The number of hydrogen-bond donors (Lipinski definition) is 3. The number of amides is 2. The molecule has 3 heterocycles. The van der Waals surface area contributed by atoms with Gasteiger partial charge in [0.15, 0.2) is 5.17 Å². The summed E-state index contributed by atoms with van der Waals surface area (Å²) in [6, 6.07) is 14.1. The van der Waals surface area contributed by atoms with Crippen LogP contribution in [-0.2, 0) is 14.3 Å². The molecule has 5 rings (SSSR count). The summed E-state index contributed by atoms with van der Waals surface area (Å²) in [5, 5.41) is 14.4. The Hall–Kier alpha value is -3.88. The van der Waals surface area contributed by atoms with E-state index in [1.807, 2.05) is 24.3 Å². The summed E-state index contributed by atoms with van der Waals surface area (Å²) in [6.07, 6.45) is 1.68. The van der Waals surface area contributed by atoms with Crippen LogP contribution >= 0.6 is 34.9 Å². The summed E-state index contributed by atoms with van der Waals surface area (Å²) < 4.78 is 10.2. The summed E-state index contributed by atoms with van der Waals surface area (Å²) >= 11 is 3.90. The highest BCUT2D eigenvalue weighted by Crippen LogP contribution is 2.44. The standard InChI is InChI=1S/C28H27N5O6S3/c1-3-39-26(36)16-4-8-18(9-5-16)30-21(34)12-20-24(35)31-27(41-20)33-29-13-17-14-40-25-23(42-28(37)32-25)22(17)15-6-10-19(38-2)11-7-15/h4-11,13,17,20,22H,3,12,14H2,1-2H3,(H,30,34)(H,32,37)(H,31,33,35)/b29-13-/t17-,20+,22-/m1/s1. The number of carbonyl (C=O) groups excluding carboxylic acids is 3. The minimum absolute atomic E-state index is 0.0504. The van der Waals surface area contributed by atoms with Gasteiger partial charge in [0.1, 0.15) is 11.0 Å². The van der Waals surface area contributed by atoms with Gasteiger partial charge in [0.25, 0.3) is 0 Å². The van der Waals surface area contributed by atoms with Crippen LogP contribution in [0.25, 0.3) is 0 Å². The van der Waals surface area contributed by atoms with E-state index in [9.17, 15) is 19.2 Å². The Morgan fingerprint density at radius 1 is 1.12 bits per heavy atom. The van der Waals surface area contributed by atoms with Gasteiger partial charge < -0.3 is 25.1 Å². The third-order valence-electron chi connectivity index (χ3n) is 6.48. The molecule has 0 unspecified atom stereocenters. The predicted octanol–water partition coefficient (Wildman–Crippen LogP) is 4.08. The molecule has 1 fully saturated rings. The number of nitrogens with zero attached hydrogens (tertiary/aromatic N) is 2. The lowest BCUT2D eigenvalue weighted by Gasteiger charge is -2.28. The molecule has 2 aliphatic heterocycles. The third kappa shape index (κ3) is 6.94.